The Hall–Kier alpha value is -7.08. The van der Waals surface area contributed by atoms with Crippen LogP contribution in [-0.2, 0) is 24.1 Å². The number of hydrogen-bond donors (Lipinski definition) is 2. The molecule has 5 aromatic rings. The van der Waals surface area contributed by atoms with Gasteiger partial charge in [0.2, 0.25) is 11.3 Å². The molecule has 10 rings (SSSR count). The quantitative estimate of drug-likeness (QED) is 0.0547. The molecular formula is C62H71FN7O4+. The molecule has 0 saturated carbocycles. The molecule has 1 atom stereocenters. The number of aryl methyl sites for hydroxylation is 1. The van der Waals surface area contributed by atoms with Crippen LogP contribution in [-0.4, -0.2) is 58.8 Å². The van der Waals surface area contributed by atoms with E-state index in [9.17, 15) is 9.59 Å². The van der Waals surface area contributed by atoms with Gasteiger partial charge in [-0.2, -0.15) is 0 Å². The maximum atomic E-state index is 15.3. The van der Waals surface area contributed by atoms with Gasteiger partial charge in [0.05, 0.1) is 24.1 Å². The van der Waals surface area contributed by atoms with Crippen LogP contribution >= 0.6 is 0 Å². The number of carbonyl (C=O) groups is 1. The third-order valence-electron chi connectivity index (χ3n) is 15.4. The fourth-order valence-corrected chi connectivity index (χ4v) is 11.4. The van der Waals surface area contributed by atoms with Gasteiger partial charge in [-0.15, -0.1) is 0 Å². The normalized spacial score (nSPS) is 15.4. The Morgan fingerprint density at radius 3 is 2.46 bits per heavy atom. The minimum absolute atomic E-state index is 0.0667. The van der Waals surface area contributed by atoms with Gasteiger partial charge in [-0.25, -0.2) is 18.9 Å². The van der Waals surface area contributed by atoms with E-state index in [1.54, 1.807) is 16.8 Å². The van der Waals surface area contributed by atoms with E-state index in [4.69, 9.17) is 19.5 Å². The Morgan fingerprint density at radius 1 is 0.892 bits per heavy atom. The monoisotopic (exact) mass is 997 g/mol. The van der Waals surface area contributed by atoms with Crippen LogP contribution in [0.2, 0.25) is 0 Å². The number of ether oxygens (including phenoxy) is 2. The molecule has 0 radical (unpaired) electrons. The molecule has 1 amide bonds. The molecule has 2 N–H and O–H groups in total. The first kappa shape index (κ1) is 50.5. The summed E-state index contributed by atoms with van der Waals surface area (Å²) in [5, 5.41) is 5.28. The van der Waals surface area contributed by atoms with Crippen molar-refractivity contribution in [3.63, 3.8) is 0 Å². The van der Waals surface area contributed by atoms with Crippen molar-refractivity contribution < 1.29 is 18.7 Å². The van der Waals surface area contributed by atoms with Gasteiger partial charge in [0.15, 0.2) is 34.4 Å². The van der Waals surface area contributed by atoms with Gasteiger partial charge < -0.3 is 24.7 Å². The van der Waals surface area contributed by atoms with Gasteiger partial charge >= 0.3 is 0 Å². The predicted molar refractivity (Wildman–Crippen MR) is 292 cm³/mol. The summed E-state index contributed by atoms with van der Waals surface area (Å²) in [7, 11) is 0. The highest BCUT2D eigenvalue weighted by molar-refractivity contribution is 5.75. The van der Waals surface area contributed by atoms with Crippen LogP contribution in [0.3, 0.4) is 0 Å². The highest BCUT2D eigenvalue weighted by Crippen LogP contribution is 2.42. The van der Waals surface area contributed by atoms with Gasteiger partial charge in [-0.05, 0) is 105 Å². The van der Waals surface area contributed by atoms with Gasteiger partial charge in [-0.3, -0.25) is 14.2 Å². The van der Waals surface area contributed by atoms with Crippen molar-refractivity contribution in [3.05, 3.63) is 170 Å². The molecule has 74 heavy (non-hydrogen) atoms. The molecule has 5 aliphatic heterocycles. The molecule has 11 nitrogen and oxygen atoms in total. The number of nitrogens with zero attached hydrogens (tertiary/aromatic N) is 5. The topological polar surface area (TPSA) is 117 Å². The lowest BCUT2D eigenvalue weighted by Gasteiger charge is -2.33. The van der Waals surface area contributed by atoms with Crippen LogP contribution in [0.4, 0.5) is 15.8 Å². The molecule has 0 saturated heterocycles. The van der Waals surface area contributed by atoms with Crippen LogP contribution in [0, 0.1) is 5.82 Å². The first-order chi connectivity index (χ1) is 36.0. The summed E-state index contributed by atoms with van der Waals surface area (Å²) >= 11 is 0. The van der Waals surface area contributed by atoms with E-state index in [1.165, 1.54) is 28.2 Å². The predicted octanol–water partition coefficient (Wildman–Crippen LogP) is 11.3. The number of aromatic nitrogens is 3. The number of anilines is 1. The van der Waals surface area contributed by atoms with Crippen LogP contribution in [0.15, 0.2) is 119 Å². The second-order valence-electron chi connectivity index (χ2n) is 21.1. The fraction of sp³-hybridized carbons (Fsp3) is 0.403. The zero-order valence-corrected chi connectivity index (χ0v) is 43.7. The first-order valence-corrected chi connectivity index (χ1v) is 27.2. The van der Waals surface area contributed by atoms with Crippen molar-refractivity contribution in [2.24, 2.45) is 4.99 Å². The molecule has 0 aliphatic carbocycles. The zero-order valence-electron chi connectivity index (χ0n) is 43.7. The average Bonchev–Trinajstić information content (AvgIpc) is 3.72. The standard InChI is InChI=1S/C62H70FN7O4/c1-5-44-40-62(3,4)70(55-39-58-50(37-47(44)55)65-49-36-46-25-19-30-68(6-2)54(46)38-57(49)74-58)31-20-26-59(71)64-29-17-9-7-8-10-18-32-73-56-28-27-43(33-48(56)63)35-52-61(72)69-41-53(45-23-15-12-16-24-45)66-51(60(69)67-52)34-42-21-13-11-14-22-42/h11-16,21-24,27-28,33,36-39,41,44H,5-10,17-20,25-26,29-32,34-35,40H2,1-4H3,(H-,64,66,71,72)/p+1. The third-order valence-corrected chi connectivity index (χ3v) is 15.4. The van der Waals surface area contributed by atoms with E-state index in [2.05, 4.69) is 83.9 Å². The molecule has 1 unspecified atom stereocenters. The number of benzene rings is 5. The number of H-pyrrole nitrogens is 1. The summed E-state index contributed by atoms with van der Waals surface area (Å²) < 4.78 is 32.0. The number of amides is 1. The minimum Gasteiger partial charge on any atom is -0.491 e. The van der Waals surface area contributed by atoms with Crippen molar-refractivity contribution in [2.45, 2.75) is 129 Å². The van der Waals surface area contributed by atoms with Crippen molar-refractivity contribution >= 4 is 17.3 Å². The number of hydrogen-bond acceptors (Lipinski definition) is 7. The first-order valence-electron chi connectivity index (χ1n) is 27.2. The maximum absolute atomic E-state index is 15.3. The summed E-state index contributed by atoms with van der Waals surface area (Å²) in [5.41, 5.74) is 9.31. The summed E-state index contributed by atoms with van der Waals surface area (Å²) in [4.78, 5) is 42.7. The molecule has 0 spiro atoms. The van der Waals surface area contributed by atoms with E-state index >= 15 is 4.39 Å². The number of imidazole rings is 1. The summed E-state index contributed by atoms with van der Waals surface area (Å²) in [6.45, 7) is 13.1. The SMILES string of the molecule is CCC1CC(C)(C)[N+](CCCC(=O)NCCCCCCCCOc2ccc(Cc3nc4c(Cc5ccccc5)[nH]c(-c5ccccc5)cn-4c3=O)cc2F)=c2cc3c(cc21)=Nc1cc2c(cc1O3)N(CC)CCC2. The largest absolute Gasteiger partial charge is 0.491 e. The molecule has 5 aliphatic rings. The Bertz CT molecular complexity index is 3280. The second-order valence-corrected chi connectivity index (χ2v) is 21.1. The lowest BCUT2D eigenvalue weighted by Crippen LogP contribution is -2.53. The van der Waals surface area contributed by atoms with Crippen molar-refractivity contribution in [2.75, 3.05) is 37.7 Å². The number of unbranched alkanes of at least 4 members (excludes halogenated alkanes) is 5. The van der Waals surface area contributed by atoms with Gasteiger partial charge in [0, 0.05) is 75.3 Å². The Labute approximate surface area is 434 Å². The smallest absolute Gasteiger partial charge is 0.278 e. The van der Waals surface area contributed by atoms with E-state index in [0.717, 1.165) is 135 Å². The molecule has 12 heteroatoms. The van der Waals surface area contributed by atoms with Gasteiger partial charge in [0.1, 0.15) is 23.3 Å². The Kier molecular flexibility index (Phi) is 15.4. The molecule has 0 aromatic heterocycles. The minimum atomic E-state index is -0.450. The number of rotatable bonds is 21. The second kappa shape index (κ2) is 22.6. The van der Waals surface area contributed by atoms with Crippen LogP contribution in [0.1, 0.15) is 138 Å². The lowest BCUT2D eigenvalue weighted by atomic mass is 9.80. The molecule has 384 valence electrons. The average molecular weight is 997 g/mol. The third kappa shape index (κ3) is 11.2. The Morgan fingerprint density at radius 2 is 1.68 bits per heavy atom. The van der Waals surface area contributed by atoms with E-state index in [0.29, 0.717) is 49.0 Å². The summed E-state index contributed by atoms with van der Waals surface area (Å²) in [5.74, 6) is 2.49. The van der Waals surface area contributed by atoms with Crippen molar-refractivity contribution in [1.82, 2.24) is 24.4 Å². The van der Waals surface area contributed by atoms with Crippen LogP contribution in [0.25, 0.3) is 17.1 Å². The molecular weight excluding hydrogens is 926 g/mol. The number of nitrogens with one attached hydrogen (secondary N) is 2. The molecule has 5 aromatic carbocycles. The van der Waals surface area contributed by atoms with E-state index < -0.39 is 5.82 Å². The number of carbonyl (C=O) groups excluding carboxylic acids is 1. The molecule has 0 bridgehead atoms. The fourth-order valence-electron chi connectivity index (χ4n) is 11.4. The number of halogens is 1. The lowest BCUT2D eigenvalue weighted by molar-refractivity contribution is -0.121. The summed E-state index contributed by atoms with van der Waals surface area (Å²) in [6, 6.07) is 33.8. The van der Waals surface area contributed by atoms with Crippen LogP contribution in [0.5, 0.6) is 17.2 Å². The summed E-state index contributed by atoms with van der Waals surface area (Å²) in [6.07, 6.45) is 14.1. The highest BCUT2D eigenvalue weighted by Gasteiger charge is 2.40. The molecule has 0 fully saturated rings. The molecule has 5 heterocycles. The number of aromatic amines is 1. The van der Waals surface area contributed by atoms with E-state index in [1.807, 2.05) is 54.6 Å². The Balaban J connectivity index is 0.657. The zero-order chi connectivity index (χ0) is 51.2. The van der Waals surface area contributed by atoms with Crippen molar-refractivity contribution in [3.8, 4) is 34.3 Å². The van der Waals surface area contributed by atoms with Gasteiger partial charge in [-0.1, -0.05) is 99.3 Å². The highest BCUT2D eigenvalue weighted by atomic mass is 19.1. The van der Waals surface area contributed by atoms with Gasteiger partial charge in [0.25, 0.3) is 5.56 Å². The maximum Gasteiger partial charge on any atom is 0.278 e. The number of fused-ring (bicyclic) bond motifs is 5. The van der Waals surface area contributed by atoms with Crippen LogP contribution < -0.4 is 40.5 Å². The van der Waals surface area contributed by atoms with E-state index in [-0.39, 0.29) is 29.2 Å². The van der Waals surface area contributed by atoms with Crippen molar-refractivity contribution in [1.29, 1.82) is 0 Å².